The van der Waals surface area contributed by atoms with Crippen molar-refractivity contribution in [3.63, 3.8) is 0 Å². The zero-order valence-corrected chi connectivity index (χ0v) is 4.66. The molecular weight excluding hydrogens is 144 g/mol. The highest BCUT2D eigenvalue weighted by Crippen LogP contribution is 1.96. The summed E-state index contributed by atoms with van der Waals surface area (Å²) >= 11 is 2.85. The van der Waals surface area contributed by atoms with Crippen molar-refractivity contribution in [3.05, 3.63) is 17.1 Å². The summed E-state index contributed by atoms with van der Waals surface area (Å²) in [5.74, 6) is 1.58. The van der Waals surface area contributed by atoms with Gasteiger partial charge in [0.2, 0.25) is 0 Å². The Bertz CT molecular complexity index is 100. The highest BCUT2D eigenvalue weighted by molar-refractivity contribution is 9.12. The van der Waals surface area contributed by atoms with E-state index in [1.54, 1.807) is 5.94 Å². The molecule has 0 aliphatic carbocycles. The Morgan fingerprint density at radius 1 is 2.00 bits per heavy atom. The Kier molecular flexibility index (Phi) is 2.73. The molecular formula is C4H3BrO. The number of allylic oxidation sites excluding steroid dienone is 2. The summed E-state index contributed by atoms with van der Waals surface area (Å²) in [6.07, 6.45) is 1.38. The Hall–Kier alpha value is -0.330. The zero-order valence-electron chi connectivity index (χ0n) is 3.07. The lowest BCUT2D eigenvalue weighted by Gasteiger charge is -1.65. The van der Waals surface area contributed by atoms with Gasteiger partial charge < -0.3 is 0 Å². The first kappa shape index (κ1) is 5.67. The van der Waals surface area contributed by atoms with Crippen LogP contribution >= 0.6 is 15.9 Å². The van der Waals surface area contributed by atoms with E-state index in [4.69, 9.17) is 0 Å². The number of rotatable bonds is 1. The predicted octanol–water partition coefficient (Wildman–Crippen LogP) is 1.28. The molecule has 0 heterocycles. The molecule has 0 aromatic rings. The molecule has 0 rings (SSSR count). The summed E-state index contributed by atoms with van der Waals surface area (Å²) in [4.78, 5) is 9.46. The van der Waals surface area contributed by atoms with Crippen LogP contribution in [0.25, 0.3) is 0 Å². The molecule has 1 nitrogen and oxygen atoms in total. The highest BCUT2D eigenvalue weighted by Gasteiger charge is 1.72. The maximum absolute atomic E-state index is 9.46. The van der Waals surface area contributed by atoms with E-state index in [1.165, 1.54) is 6.08 Å². The fraction of sp³-hybridized carbons (Fsp3) is 0. The van der Waals surface area contributed by atoms with Crippen molar-refractivity contribution in [1.82, 2.24) is 0 Å². The minimum Gasteiger partial charge on any atom is -0.232 e. The first-order valence-electron chi connectivity index (χ1n) is 1.34. The first-order chi connectivity index (χ1) is 2.81. The van der Waals surface area contributed by atoms with Gasteiger partial charge in [-0.05, 0) is 22.0 Å². The number of carbonyl (C=O) groups excluding carboxylic acids is 1. The second-order valence-electron chi connectivity index (χ2n) is 0.654. The quantitative estimate of drug-likeness (QED) is 0.403. The molecule has 0 saturated heterocycles. The second-order valence-corrected chi connectivity index (χ2v) is 1.51. The SMILES string of the molecule is C=CC(Br)=C=O. The summed E-state index contributed by atoms with van der Waals surface area (Å²) in [5.41, 5.74) is 0. The normalized spacial score (nSPS) is 6.17. The molecule has 2 heteroatoms. The third-order valence-corrected chi connectivity index (χ3v) is 0.762. The molecule has 0 aromatic heterocycles. The van der Waals surface area contributed by atoms with Gasteiger partial charge in [-0.2, -0.15) is 0 Å². The largest absolute Gasteiger partial charge is 0.232 e. The maximum atomic E-state index is 9.46. The smallest absolute Gasteiger partial charge is 0.139 e. The van der Waals surface area contributed by atoms with Crippen molar-refractivity contribution in [2.24, 2.45) is 0 Å². The van der Waals surface area contributed by atoms with Crippen LogP contribution in [0.4, 0.5) is 0 Å². The molecule has 0 aromatic carbocycles. The van der Waals surface area contributed by atoms with Crippen LogP contribution in [0.3, 0.4) is 0 Å². The van der Waals surface area contributed by atoms with Gasteiger partial charge >= 0.3 is 0 Å². The van der Waals surface area contributed by atoms with Crippen molar-refractivity contribution >= 4 is 21.9 Å². The van der Waals surface area contributed by atoms with Gasteiger partial charge in [-0.25, -0.2) is 4.79 Å². The second kappa shape index (κ2) is 2.88. The molecule has 0 aliphatic rings. The molecule has 0 radical (unpaired) electrons. The average Bonchev–Trinajstić information content (AvgIpc) is 1.65. The van der Waals surface area contributed by atoms with Crippen LogP contribution in [0, 0.1) is 0 Å². The van der Waals surface area contributed by atoms with Crippen LogP contribution in [0.15, 0.2) is 17.1 Å². The van der Waals surface area contributed by atoms with E-state index in [9.17, 15) is 4.79 Å². The van der Waals surface area contributed by atoms with Gasteiger partial charge in [0.1, 0.15) is 10.4 Å². The lowest BCUT2D eigenvalue weighted by Crippen LogP contribution is -1.53. The lowest BCUT2D eigenvalue weighted by molar-refractivity contribution is 0.569. The average molecular weight is 147 g/mol. The van der Waals surface area contributed by atoms with Crippen molar-refractivity contribution < 1.29 is 4.79 Å². The van der Waals surface area contributed by atoms with E-state index in [-0.39, 0.29) is 0 Å². The molecule has 0 N–H and O–H groups in total. The fourth-order valence-corrected chi connectivity index (χ4v) is 0.0417. The molecule has 0 bridgehead atoms. The van der Waals surface area contributed by atoms with E-state index in [0.717, 1.165) is 0 Å². The molecule has 0 amide bonds. The van der Waals surface area contributed by atoms with Crippen LogP contribution in [-0.4, -0.2) is 5.94 Å². The van der Waals surface area contributed by atoms with E-state index in [1.807, 2.05) is 0 Å². The maximum Gasteiger partial charge on any atom is 0.139 e. The predicted molar refractivity (Wildman–Crippen MR) is 28.3 cm³/mol. The summed E-state index contributed by atoms with van der Waals surface area (Å²) in [6, 6.07) is 0. The zero-order chi connectivity index (χ0) is 4.99. The van der Waals surface area contributed by atoms with Gasteiger partial charge in [-0.15, -0.1) is 0 Å². The van der Waals surface area contributed by atoms with Crippen LogP contribution in [-0.2, 0) is 4.79 Å². The van der Waals surface area contributed by atoms with E-state index < -0.39 is 0 Å². The lowest BCUT2D eigenvalue weighted by atomic mass is 10.6. The molecule has 32 valence electrons. The Balaban J connectivity index is 3.86. The third kappa shape index (κ3) is 1.94. The molecule has 0 saturated carbocycles. The topological polar surface area (TPSA) is 17.1 Å². The Labute approximate surface area is 44.5 Å². The summed E-state index contributed by atoms with van der Waals surface area (Å²) < 4.78 is 0.363. The third-order valence-electron chi connectivity index (χ3n) is 0.277. The monoisotopic (exact) mass is 146 g/mol. The minimum atomic E-state index is 0.363. The minimum absolute atomic E-state index is 0.363. The van der Waals surface area contributed by atoms with E-state index in [2.05, 4.69) is 22.5 Å². The number of halogens is 1. The summed E-state index contributed by atoms with van der Waals surface area (Å²) in [5, 5.41) is 0. The van der Waals surface area contributed by atoms with Gasteiger partial charge in [-0.3, -0.25) is 0 Å². The van der Waals surface area contributed by atoms with Crippen LogP contribution in [0.2, 0.25) is 0 Å². The summed E-state index contributed by atoms with van der Waals surface area (Å²) in [7, 11) is 0. The highest BCUT2D eigenvalue weighted by atomic mass is 79.9. The van der Waals surface area contributed by atoms with Crippen molar-refractivity contribution in [2.45, 2.75) is 0 Å². The van der Waals surface area contributed by atoms with Crippen molar-refractivity contribution in [3.8, 4) is 0 Å². The summed E-state index contributed by atoms with van der Waals surface area (Å²) in [6.45, 7) is 3.29. The molecule has 0 spiro atoms. The molecule has 0 fully saturated rings. The molecule has 0 aliphatic heterocycles. The van der Waals surface area contributed by atoms with Gasteiger partial charge in [-0.1, -0.05) is 6.58 Å². The van der Waals surface area contributed by atoms with Crippen molar-refractivity contribution in [1.29, 1.82) is 0 Å². The molecule has 6 heavy (non-hydrogen) atoms. The first-order valence-corrected chi connectivity index (χ1v) is 2.13. The van der Waals surface area contributed by atoms with E-state index >= 15 is 0 Å². The van der Waals surface area contributed by atoms with Crippen molar-refractivity contribution in [2.75, 3.05) is 0 Å². The molecule has 0 atom stereocenters. The standard InChI is InChI=1S/C4H3BrO/c1-2-4(5)3-6/h2H,1H2. The van der Waals surface area contributed by atoms with E-state index in [0.29, 0.717) is 4.48 Å². The Morgan fingerprint density at radius 2 is 2.50 bits per heavy atom. The van der Waals surface area contributed by atoms with Gasteiger partial charge in [0.15, 0.2) is 0 Å². The number of hydrogen-bond donors (Lipinski definition) is 0. The Morgan fingerprint density at radius 3 is 2.50 bits per heavy atom. The van der Waals surface area contributed by atoms with Gasteiger partial charge in [0.25, 0.3) is 0 Å². The van der Waals surface area contributed by atoms with Gasteiger partial charge in [0, 0.05) is 0 Å². The van der Waals surface area contributed by atoms with Gasteiger partial charge in [0.05, 0.1) is 0 Å². The van der Waals surface area contributed by atoms with Crippen LogP contribution < -0.4 is 0 Å². The fourth-order valence-electron chi connectivity index (χ4n) is 0.0417. The van der Waals surface area contributed by atoms with Crippen LogP contribution in [0.1, 0.15) is 0 Å². The number of hydrogen-bond acceptors (Lipinski definition) is 1. The van der Waals surface area contributed by atoms with Crippen LogP contribution in [0.5, 0.6) is 0 Å². The molecule has 0 unspecified atom stereocenters.